The van der Waals surface area contributed by atoms with Crippen LogP contribution in [0.2, 0.25) is 0 Å². The molecule has 1 saturated heterocycles. The SMILES string of the molecule is NC(=O)COc1ccc(C(=O)NCc2ccc(CN3CCCCC3)cc2)cc1. The van der Waals surface area contributed by atoms with Gasteiger partial charge in [0.2, 0.25) is 0 Å². The van der Waals surface area contributed by atoms with Crippen LogP contribution < -0.4 is 15.8 Å². The Morgan fingerprint density at radius 1 is 0.929 bits per heavy atom. The van der Waals surface area contributed by atoms with E-state index in [9.17, 15) is 9.59 Å². The van der Waals surface area contributed by atoms with Crippen molar-refractivity contribution in [3.8, 4) is 5.75 Å². The Hall–Kier alpha value is -2.86. The number of likely N-dealkylation sites (tertiary alicyclic amines) is 1. The van der Waals surface area contributed by atoms with E-state index in [0.717, 1.165) is 12.1 Å². The maximum atomic E-state index is 12.3. The van der Waals surface area contributed by atoms with Crippen molar-refractivity contribution in [2.24, 2.45) is 5.73 Å². The van der Waals surface area contributed by atoms with Gasteiger partial charge in [-0.2, -0.15) is 0 Å². The standard InChI is InChI=1S/C22H27N3O3/c23-21(26)16-28-20-10-8-19(9-11-20)22(27)24-14-17-4-6-18(7-5-17)15-25-12-2-1-3-13-25/h4-11H,1-3,12-16H2,(H2,23,26)(H,24,27). The number of nitrogens with zero attached hydrogens (tertiary/aromatic N) is 1. The first-order chi connectivity index (χ1) is 13.6. The van der Waals surface area contributed by atoms with Crippen LogP contribution >= 0.6 is 0 Å². The number of ether oxygens (including phenoxy) is 1. The molecule has 0 radical (unpaired) electrons. The molecule has 3 N–H and O–H groups in total. The monoisotopic (exact) mass is 381 g/mol. The fourth-order valence-electron chi connectivity index (χ4n) is 3.28. The second-order valence-electron chi connectivity index (χ2n) is 7.12. The Balaban J connectivity index is 1.46. The van der Waals surface area contributed by atoms with E-state index in [1.165, 1.54) is 37.9 Å². The molecule has 1 fully saturated rings. The van der Waals surface area contributed by atoms with Crippen molar-refractivity contribution in [1.29, 1.82) is 0 Å². The smallest absolute Gasteiger partial charge is 0.255 e. The third-order valence-corrected chi connectivity index (χ3v) is 4.83. The highest BCUT2D eigenvalue weighted by Gasteiger charge is 2.10. The molecule has 1 aliphatic heterocycles. The predicted molar refractivity (Wildman–Crippen MR) is 108 cm³/mol. The molecule has 28 heavy (non-hydrogen) atoms. The number of primary amides is 1. The Morgan fingerprint density at radius 2 is 1.57 bits per heavy atom. The Bertz CT molecular complexity index is 782. The van der Waals surface area contributed by atoms with E-state index >= 15 is 0 Å². The second-order valence-corrected chi connectivity index (χ2v) is 7.12. The molecule has 0 aromatic heterocycles. The van der Waals surface area contributed by atoms with Crippen LogP contribution in [0.5, 0.6) is 5.75 Å². The molecule has 0 bridgehead atoms. The quantitative estimate of drug-likeness (QED) is 0.736. The van der Waals surface area contributed by atoms with Gasteiger partial charge < -0.3 is 15.8 Å². The summed E-state index contributed by atoms with van der Waals surface area (Å²) in [6.07, 6.45) is 3.93. The summed E-state index contributed by atoms with van der Waals surface area (Å²) in [6, 6.07) is 15.0. The molecule has 0 unspecified atom stereocenters. The largest absolute Gasteiger partial charge is 0.484 e. The lowest BCUT2D eigenvalue weighted by Crippen LogP contribution is -2.29. The van der Waals surface area contributed by atoms with Gasteiger partial charge in [-0.25, -0.2) is 0 Å². The van der Waals surface area contributed by atoms with Crippen LogP contribution in [0.4, 0.5) is 0 Å². The molecule has 148 valence electrons. The minimum atomic E-state index is -0.538. The first-order valence-corrected chi connectivity index (χ1v) is 9.70. The van der Waals surface area contributed by atoms with Gasteiger partial charge in [0, 0.05) is 18.7 Å². The third kappa shape index (κ3) is 6.09. The first kappa shape index (κ1) is 19.9. The number of nitrogens with one attached hydrogen (secondary N) is 1. The van der Waals surface area contributed by atoms with Crippen molar-refractivity contribution < 1.29 is 14.3 Å². The molecular weight excluding hydrogens is 354 g/mol. The topological polar surface area (TPSA) is 84.7 Å². The van der Waals surface area contributed by atoms with Crippen LogP contribution in [0.1, 0.15) is 40.7 Å². The highest BCUT2D eigenvalue weighted by atomic mass is 16.5. The van der Waals surface area contributed by atoms with Crippen molar-refractivity contribution in [3.05, 3.63) is 65.2 Å². The molecular formula is C22H27N3O3. The molecule has 3 rings (SSSR count). The number of amides is 2. The first-order valence-electron chi connectivity index (χ1n) is 9.70. The van der Waals surface area contributed by atoms with Crippen LogP contribution in [0.15, 0.2) is 48.5 Å². The van der Waals surface area contributed by atoms with Crippen LogP contribution in [0.25, 0.3) is 0 Å². The van der Waals surface area contributed by atoms with Gasteiger partial charge in [-0.05, 0) is 61.3 Å². The number of benzene rings is 2. The van der Waals surface area contributed by atoms with E-state index in [-0.39, 0.29) is 12.5 Å². The van der Waals surface area contributed by atoms with Crippen molar-refractivity contribution in [2.75, 3.05) is 19.7 Å². The lowest BCUT2D eigenvalue weighted by atomic mass is 10.1. The molecule has 2 aromatic rings. The zero-order chi connectivity index (χ0) is 19.8. The van der Waals surface area contributed by atoms with Gasteiger partial charge >= 0.3 is 0 Å². The van der Waals surface area contributed by atoms with Gasteiger partial charge in [0.25, 0.3) is 11.8 Å². The lowest BCUT2D eigenvalue weighted by Gasteiger charge is -2.26. The molecule has 0 saturated carbocycles. The Kier molecular flexibility index (Phi) is 7.03. The molecule has 2 aromatic carbocycles. The number of carbonyl (C=O) groups is 2. The molecule has 0 spiro atoms. The van der Waals surface area contributed by atoms with E-state index < -0.39 is 5.91 Å². The highest BCUT2D eigenvalue weighted by Crippen LogP contribution is 2.14. The zero-order valence-electron chi connectivity index (χ0n) is 16.0. The van der Waals surface area contributed by atoms with Gasteiger partial charge in [-0.1, -0.05) is 30.7 Å². The summed E-state index contributed by atoms with van der Waals surface area (Å²) in [7, 11) is 0. The number of piperidine rings is 1. The van der Waals surface area contributed by atoms with Gasteiger partial charge in [0.1, 0.15) is 5.75 Å². The average Bonchev–Trinajstić information content (AvgIpc) is 2.72. The van der Waals surface area contributed by atoms with Gasteiger partial charge in [0.05, 0.1) is 0 Å². The Labute approximate surface area is 165 Å². The second kappa shape index (κ2) is 9.90. The maximum Gasteiger partial charge on any atom is 0.255 e. The number of nitrogens with two attached hydrogens (primary N) is 1. The number of carbonyl (C=O) groups excluding carboxylic acids is 2. The molecule has 1 aliphatic rings. The maximum absolute atomic E-state index is 12.3. The highest BCUT2D eigenvalue weighted by molar-refractivity contribution is 5.94. The summed E-state index contributed by atoms with van der Waals surface area (Å²) in [5.74, 6) is -0.192. The summed E-state index contributed by atoms with van der Waals surface area (Å²) in [5.41, 5.74) is 7.95. The van der Waals surface area contributed by atoms with Crippen LogP contribution in [0, 0.1) is 0 Å². The molecule has 0 aliphatic carbocycles. The Morgan fingerprint density at radius 3 is 2.21 bits per heavy atom. The van der Waals surface area contributed by atoms with E-state index in [1.54, 1.807) is 24.3 Å². The molecule has 1 heterocycles. The van der Waals surface area contributed by atoms with Crippen LogP contribution in [-0.2, 0) is 17.9 Å². The van der Waals surface area contributed by atoms with Crippen molar-refractivity contribution in [3.63, 3.8) is 0 Å². The van der Waals surface area contributed by atoms with Crippen molar-refractivity contribution in [2.45, 2.75) is 32.4 Å². The lowest BCUT2D eigenvalue weighted by molar-refractivity contribution is -0.119. The minimum absolute atomic E-state index is 0.154. The van der Waals surface area contributed by atoms with Gasteiger partial charge in [0.15, 0.2) is 6.61 Å². The predicted octanol–water partition coefficient (Wildman–Crippen LogP) is 2.47. The van der Waals surface area contributed by atoms with E-state index in [1.807, 2.05) is 0 Å². The van der Waals surface area contributed by atoms with E-state index in [0.29, 0.717) is 17.9 Å². The number of hydrogen-bond acceptors (Lipinski definition) is 4. The fraction of sp³-hybridized carbons (Fsp3) is 0.364. The van der Waals surface area contributed by atoms with E-state index in [4.69, 9.17) is 10.5 Å². The molecule has 6 nitrogen and oxygen atoms in total. The molecule has 0 atom stereocenters. The number of rotatable bonds is 8. The normalized spacial score (nSPS) is 14.4. The summed E-state index contributed by atoms with van der Waals surface area (Å²) in [4.78, 5) is 25.5. The van der Waals surface area contributed by atoms with E-state index in [2.05, 4.69) is 34.5 Å². The van der Waals surface area contributed by atoms with Gasteiger partial charge in [-0.15, -0.1) is 0 Å². The molecule has 6 heteroatoms. The fourth-order valence-corrected chi connectivity index (χ4v) is 3.28. The summed E-state index contributed by atoms with van der Waals surface area (Å²) >= 11 is 0. The zero-order valence-corrected chi connectivity index (χ0v) is 16.0. The van der Waals surface area contributed by atoms with Crippen LogP contribution in [0.3, 0.4) is 0 Å². The van der Waals surface area contributed by atoms with Crippen molar-refractivity contribution in [1.82, 2.24) is 10.2 Å². The van der Waals surface area contributed by atoms with Crippen molar-refractivity contribution >= 4 is 11.8 Å². The number of hydrogen-bond donors (Lipinski definition) is 2. The molecule has 2 amide bonds. The van der Waals surface area contributed by atoms with Gasteiger partial charge in [-0.3, -0.25) is 14.5 Å². The minimum Gasteiger partial charge on any atom is -0.484 e. The summed E-state index contributed by atoms with van der Waals surface area (Å²) < 4.78 is 5.19. The summed E-state index contributed by atoms with van der Waals surface area (Å²) in [6.45, 7) is 3.66. The summed E-state index contributed by atoms with van der Waals surface area (Å²) in [5, 5.41) is 2.92. The van der Waals surface area contributed by atoms with Crippen LogP contribution in [-0.4, -0.2) is 36.4 Å². The third-order valence-electron chi connectivity index (χ3n) is 4.83. The average molecular weight is 381 g/mol.